The number of aliphatic hydroxyl groups excluding tert-OH is 1. The molecule has 0 saturated heterocycles. The number of aliphatic hydroxyl groups is 2. The van der Waals surface area contributed by atoms with Crippen molar-refractivity contribution in [1.29, 1.82) is 0 Å². The number of fused-ring (bicyclic) bond motifs is 5. The van der Waals surface area contributed by atoms with Gasteiger partial charge in [-0.05, 0) is 86.7 Å². The molecule has 3 fully saturated rings. The summed E-state index contributed by atoms with van der Waals surface area (Å²) in [7, 11) is 0. The zero-order valence-electron chi connectivity index (χ0n) is 17.8. The predicted molar refractivity (Wildman–Crippen MR) is 116 cm³/mol. The van der Waals surface area contributed by atoms with Gasteiger partial charge in [0, 0.05) is 11.0 Å². The first-order valence-electron chi connectivity index (χ1n) is 11.5. The van der Waals surface area contributed by atoms with Gasteiger partial charge in [-0.15, -0.1) is 0 Å². The second kappa shape index (κ2) is 6.73. The minimum Gasteiger partial charge on any atom is -0.393 e. The Bertz CT molecular complexity index is 877. The van der Waals surface area contributed by atoms with E-state index >= 15 is 0 Å². The maximum absolute atomic E-state index is 11.7. The average molecular weight is 391 g/mol. The minimum absolute atomic E-state index is 0.119. The lowest BCUT2D eigenvalue weighted by molar-refractivity contribution is -0.0970. The Morgan fingerprint density at radius 2 is 1.72 bits per heavy atom. The topological polar surface area (TPSA) is 40.5 Å². The number of hydrogen-bond donors (Lipinski definition) is 2. The Morgan fingerprint density at radius 1 is 0.966 bits per heavy atom. The third-order valence-electron chi connectivity index (χ3n) is 9.42. The van der Waals surface area contributed by atoms with E-state index in [1.165, 1.54) is 12.0 Å². The highest BCUT2D eigenvalue weighted by atomic mass is 16.3. The second-order valence-electron chi connectivity index (χ2n) is 10.6. The normalized spacial score (nSPS) is 45.9. The van der Waals surface area contributed by atoms with Gasteiger partial charge >= 0.3 is 0 Å². The molecule has 4 aliphatic rings. The molecule has 29 heavy (non-hydrogen) atoms. The first-order valence-corrected chi connectivity index (χ1v) is 11.5. The molecule has 2 heteroatoms. The van der Waals surface area contributed by atoms with Gasteiger partial charge in [0.25, 0.3) is 0 Å². The van der Waals surface area contributed by atoms with Gasteiger partial charge in [-0.3, -0.25) is 0 Å². The van der Waals surface area contributed by atoms with Crippen molar-refractivity contribution in [3.8, 4) is 11.8 Å². The van der Waals surface area contributed by atoms with E-state index in [1.54, 1.807) is 0 Å². The maximum Gasteiger partial charge on any atom is 0.131 e. The Hall–Kier alpha value is -1.56. The lowest BCUT2D eigenvalue weighted by Crippen LogP contribution is -2.54. The number of benzene rings is 1. The van der Waals surface area contributed by atoms with Gasteiger partial charge in [0.15, 0.2) is 0 Å². The Kier molecular flexibility index (Phi) is 4.50. The summed E-state index contributed by atoms with van der Waals surface area (Å²) in [6, 6.07) is 10.1. The van der Waals surface area contributed by atoms with Crippen LogP contribution in [0.2, 0.25) is 0 Å². The summed E-state index contributed by atoms with van der Waals surface area (Å²) < 4.78 is 0. The van der Waals surface area contributed by atoms with Crippen LogP contribution >= 0.6 is 0 Å². The van der Waals surface area contributed by atoms with Crippen molar-refractivity contribution in [3.05, 3.63) is 47.5 Å². The molecule has 0 unspecified atom stereocenters. The van der Waals surface area contributed by atoms with Crippen LogP contribution in [0, 0.1) is 40.4 Å². The zero-order chi connectivity index (χ0) is 20.3. The lowest BCUT2D eigenvalue weighted by Gasteiger charge is -2.58. The van der Waals surface area contributed by atoms with E-state index in [2.05, 4.69) is 31.8 Å². The highest BCUT2D eigenvalue weighted by molar-refractivity contribution is 5.38. The van der Waals surface area contributed by atoms with Gasteiger partial charge in [-0.1, -0.05) is 55.5 Å². The molecule has 0 amide bonds. The molecular weight excluding hydrogens is 356 g/mol. The Morgan fingerprint density at radius 3 is 2.52 bits per heavy atom. The monoisotopic (exact) mass is 390 g/mol. The third-order valence-corrected chi connectivity index (χ3v) is 9.42. The van der Waals surface area contributed by atoms with Crippen molar-refractivity contribution in [1.82, 2.24) is 0 Å². The number of rotatable bonds is 0. The molecule has 7 atom stereocenters. The molecule has 4 aliphatic carbocycles. The van der Waals surface area contributed by atoms with Crippen molar-refractivity contribution >= 4 is 0 Å². The Labute approximate surface area is 175 Å². The van der Waals surface area contributed by atoms with Crippen molar-refractivity contribution in [2.75, 3.05) is 0 Å². The van der Waals surface area contributed by atoms with Crippen LogP contribution < -0.4 is 0 Å². The highest BCUT2D eigenvalue weighted by Crippen LogP contribution is 2.67. The largest absolute Gasteiger partial charge is 0.393 e. The fourth-order valence-corrected chi connectivity index (χ4v) is 7.56. The van der Waals surface area contributed by atoms with E-state index in [4.69, 9.17) is 0 Å². The van der Waals surface area contributed by atoms with Crippen molar-refractivity contribution in [2.45, 2.75) is 76.9 Å². The van der Waals surface area contributed by atoms with E-state index in [-0.39, 0.29) is 16.9 Å². The molecule has 1 aromatic carbocycles. The summed E-state index contributed by atoms with van der Waals surface area (Å²) in [5.41, 5.74) is 1.75. The molecule has 2 N–H and O–H groups in total. The third kappa shape index (κ3) is 2.85. The lowest BCUT2D eigenvalue weighted by atomic mass is 9.47. The first kappa shape index (κ1) is 19.4. The van der Waals surface area contributed by atoms with Gasteiger partial charge in [0.2, 0.25) is 0 Å². The second-order valence-corrected chi connectivity index (χ2v) is 10.6. The van der Waals surface area contributed by atoms with Crippen LogP contribution in [0.1, 0.15) is 70.8 Å². The summed E-state index contributed by atoms with van der Waals surface area (Å²) in [6.07, 6.45) is 10.5. The van der Waals surface area contributed by atoms with Crippen LogP contribution in [0.4, 0.5) is 0 Å². The summed E-state index contributed by atoms with van der Waals surface area (Å²) in [4.78, 5) is 0. The predicted octanol–water partition coefficient (Wildman–Crippen LogP) is 5.09. The smallest absolute Gasteiger partial charge is 0.131 e. The SMILES string of the molecule is C[C@]12CC[C@H]3[C@H](CC=C4C[C@@H](O)CC[C@]43C)[C@H]1CC[C@@]2(O)C#Cc1ccccc1. The van der Waals surface area contributed by atoms with E-state index in [0.29, 0.717) is 17.8 Å². The van der Waals surface area contributed by atoms with Gasteiger partial charge in [0.05, 0.1) is 6.10 Å². The van der Waals surface area contributed by atoms with E-state index < -0.39 is 5.60 Å². The van der Waals surface area contributed by atoms with Crippen LogP contribution in [0.3, 0.4) is 0 Å². The van der Waals surface area contributed by atoms with E-state index in [0.717, 1.165) is 50.5 Å². The molecule has 2 nitrogen and oxygen atoms in total. The van der Waals surface area contributed by atoms with Gasteiger partial charge in [-0.2, -0.15) is 0 Å². The first-order chi connectivity index (χ1) is 13.9. The van der Waals surface area contributed by atoms with Crippen LogP contribution in [0.5, 0.6) is 0 Å². The standard InChI is InChI=1S/C27H34O2/c1-25-14-11-21(28)18-20(25)8-9-22-23(25)12-15-26(2)24(22)13-17-27(26,29)16-10-19-6-4-3-5-7-19/h3-8,21-24,28-29H,9,11-15,17-18H2,1-2H3/t21-,22-,23-,24+,25+,26-,27-/m0/s1. The number of allylic oxidation sites excluding steroid dienone is 1. The molecular formula is C27H34O2. The Balaban J connectivity index is 1.45. The molecule has 3 saturated carbocycles. The maximum atomic E-state index is 11.7. The molecule has 0 aliphatic heterocycles. The van der Waals surface area contributed by atoms with Gasteiger partial charge in [-0.25, -0.2) is 0 Å². The van der Waals surface area contributed by atoms with Crippen LogP contribution in [0.25, 0.3) is 0 Å². The number of hydrogen-bond acceptors (Lipinski definition) is 2. The fourth-order valence-electron chi connectivity index (χ4n) is 7.56. The molecule has 154 valence electrons. The van der Waals surface area contributed by atoms with Crippen molar-refractivity contribution in [3.63, 3.8) is 0 Å². The molecule has 0 aromatic heterocycles. The van der Waals surface area contributed by atoms with E-state index in [1.807, 2.05) is 30.3 Å². The van der Waals surface area contributed by atoms with Crippen LogP contribution in [0.15, 0.2) is 42.0 Å². The molecule has 0 bridgehead atoms. The quantitative estimate of drug-likeness (QED) is 0.478. The minimum atomic E-state index is -0.883. The van der Waals surface area contributed by atoms with Crippen molar-refractivity contribution < 1.29 is 10.2 Å². The molecule has 1 aromatic rings. The van der Waals surface area contributed by atoms with Gasteiger partial charge in [0.1, 0.15) is 5.60 Å². The summed E-state index contributed by atoms with van der Waals surface area (Å²) in [5, 5.41) is 21.9. The van der Waals surface area contributed by atoms with Crippen LogP contribution in [-0.4, -0.2) is 21.9 Å². The van der Waals surface area contributed by atoms with E-state index in [9.17, 15) is 10.2 Å². The molecule has 0 radical (unpaired) electrons. The average Bonchev–Trinajstić information content (AvgIpc) is 2.99. The summed E-state index contributed by atoms with van der Waals surface area (Å²) >= 11 is 0. The fraction of sp³-hybridized carbons (Fsp3) is 0.630. The zero-order valence-corrected chi connectivity index (χ0v) is 17.8. The summed E-state index contributed by atoms with van der Waals surface area (Å²) in [6.45, 7) is 4.77. The van der Waals surface area contributed by atoms with Gasteiger partial charge < -0.3 is 10.2 Å². The molecule has 5 rings (SSSR count). The molecule has 0 spiro atoms. The molecule has 0 heterocycles. The van der Waals surface area contributed by atoms with Crippen LogP contribution in [-0.2, 0) is 0 Å². The summed E-state index contributed by atoms with van der Waals surface area (Å²) in [5.74, 6) is 8.49. The van der Waals surface area contributed by atoms with Crippen molar-refractivity contribution in [2.24, 2.45) is 28.6 Å². The highest BCUT2D eigenvalue weighted by Gasteiger charge is 2.63.